The van der Waals surface area contributed by atoms with Crippen molar-refractivity contribution in [2.75, 3.05) is 45.2 Å². The van der Waals surface area contributed by atoms with Gasteiger partial charge in [0.05, 0.1) is 12.8 Å². The van der Waals surface area contributed by atoms with Gasteiger partial charge in [-0.05, 0) is 45.0 Å². The molecule has 1 aromatic rings. The Kier molecular flexibility index (Phi) is 16.1. The van der Waals surface area contributed by atoms with Gasteiger partial charge in [0.25, 0.3) is 0 Å². The summed E-state index contributed by atoms with van der Waals surface area (Å²) in [5, 5.41) is 3.20. The van der Waals surface area contributed by atoms with Gasteiger partial charge in [0.1, 0.15) is 5.76 Å². The van der Waals surface area contributed by atoms with E-state index in [9.17, 15) is 4.79 Å². The van der Waals surface area contributed by atoms with Crippen molar-refractivity contribution < 1.29 is 9.53 Å². The molecule has 31 heavy (non-hydrogen) atoms. The normalized spacial score (nSPS) is 13.4. The molecular formula is C26H45N3O2. The number of carbonyl (C=O) groups excluding carboxylic acids is 1. The number of hydrogen-bond acceptors (Lipinski definition) is 4. The lowest BCUT2D eigenvalue weighted by atomic mass is 10.0. The Morgan fingerprint density at radius 3 is 2.45 bits per heavy atom. The summed E-state index contributed by atoms with van der Waals surface area (Å²) in [5.74, 6) is 1.11. The van der Waals surface area contributed by atoms with E-state index in [1.807, 2.05) is 70.8 Å². The number of aryl methyl sites for hydroxylation is 1. The van der Waals surface area contributed by atoms with Gasteiger partial charge < -0.3 is 19.9 Å². The number of amides is 1. The second kappa shape index (κ2) is 17.4. The number of ether oxygens (including phenoxy) is 1. The predicted molar refractivity (Wildman–Crippen MR) is 134 cm³/mol. The molecule has 1 N–H and O–H groups in total. The van der Waals surface area contributed by atoms with Gasteiger partial charge in [-0.15, -0.1) is 0 Å². The molecule has 0 atom stereocenters. The highest BCUT2D eigenvalue weighted by molar-refractivity contribution is 5.96. The fourth-order valence-corrected chi connectivity index (χ4v) is 3.52. The fraction of sp³-hybridized carbons (Fsp3) is 0.577. The van der Waals surface area contributed by atoms with E-state index in [4.69, 9.17) is 4.74 Å². The smallest absolute Gasteiger partial charge is 0.227 e. The fourth-order valence-electron chi connectivity index (χ4n) is 3.52. The van der Waals surface area contributed by atoms with E-state index in [1.165, 1.54) is 5.56 Å². The van der Waals surface area contributed by atoms with Crippen molar-refractivity contribution in [2.45, 2.75) is 60.8 Å². The van der Waals surface area contributed by atoms with Crippen LogP contribution in [0.1, 0.15) is 59.9 Å². The van der Waals surface area contributed by atoms with Crippen molar-refractivity contribution >= 4 is 11.6 Å². The van der Waals surface area contributed by atoms with Gasteiger partial charge in [-0.3, -0.25) is 4.79 Å². The molecule has 0 aromatic heterocycles. The Labute approximate surface area is 191 Å². The van der Waals surface area contributed by atoms with Crippen LogP contribution in [0.2, 0.25) is 0 Å². The Morgan fingerprint density at radius 1 is 1.19 bits per heavy atom. The highest BCUT2D eigenvalue weighted by Gasteiger charge is 2.24. The molecule has 176 valence electrons. The quantitative estimate of drug-likeness (QED) is 0.399. The number of fused-ring (bicyclic) bond motifs is 1. The molecule has 0 fully saturated rings. The van der Waals surface area contributed by atoms with E-state index < -0.39 is 0 Å². The standard InChI is InChI=1S/C22H33N3O2.2C2H6/c1-5-9-20(24(6-2)17-15-23-3)21(27-4)14-16-25-19-11-8-7-10-18(19)12-13-22(25)26;2*1-2/h5,7-11,23H,6,12-17H2,1-4H3;2*1-2H3/b9-5-,21-20-;;. The van der Waals surface area contributed by atoms with Crippen LogP contribution in [0.15, 0.2) is 47.9 Å². The van der Waals surface area contributed by atoms with Crippen LogP contribution < -0.4 is 10.2 Å². The summed E-state index contributed by atoms with van der Waals surface area (Å²) >= 11 is 0. The molecule has 5 nitrogen and oxygen atoms in total. The third-order valence-corrected chi connectivity index (χ3v) is 4.96. The summed E-state index contributed by atoms with van der Waals surface area (Å²) in [6, 6.07) is 8.20. The maximum Gasteiger partial charge on any atom is 0.227 e. The molecular weight excluding hydrogens is 386 g/mol. The number of hydrogen-bond donors (Lipinski definition) is 1. The number of nitrogens with one attached hydrogen (secondary N) is 1. The molecule has 1 heterocycles. The summed E-state index contributed by atoms with van der Waals surface area (Å²) in [7, 11) is 3.68. The van der Waals surface area contributed by atoms with Crippen LogP contribution >= 0.6 is 0 Å². The number of likely N-dealkylation sites (N-methyl/N-ethyl adjacent to an activating group) is 2. The Balaban J connectivity index is 0.00000212. The third-order valence-electron chi connectivity index (χ3n) is 4.96. The van der Waals surface area contributed by atoms with Crippen molar-refractivity contribution in [1.29, 1.82) is 0 Å². The second-order valence-electron chi connectivity index (χ2n) is 6.62. The zero-order chi connectivity index (χ0) is 23.6. The van der Waals surface area contributed by atoms with E-state index in [0.717, 1.165) is 43.2 Å². The van der Waals surface area contributed by atoms with Crippen molar-refractivity contribution in [3.05, 3.63) is 53.4 Å². The number of para-hydroxylation sites is 1. The summed E-state index contributed by atoms with van der Waals surface area (Å²) in [4.78, 5) is 16.7. The number of carbonyl (C=O) groups is 1. The van der Waals surface area contributed by atoms with E-state index in [0.29, 0.717) is 19.4 Å². The molecule has 0 unspecified atom stereocenters. The highest BCUT2D eigenvalue weighted by atomic mass is 16.5. The Hall–Kier alpha value is -2.27. The lowest BCUT2D eigenvalue weighted by Gasteiger charge is -2.31. The average molecular weight is 432 g/mol. The van der Waals surface area contributed by atoms with Crippen molar-refractivity contribution in [1.82, 2.24) is 10.2 Å². The summed E-state index contributed by atoms with van der Waals surface area (Å²) in [5.41, 5.74) is 3.38. The third kappa shape index (κ3) is 8.78. The lowest BCUT2D eigenvalue weighted by Crippen LogP contribution is -2.36. The number of nitrogens with zero attached hydrogens (tertiary/aromatic N) is 2. The van der Waals surface area contributed by atoms with Crippen molar-refractivity contribution in [3.8, 4) is 0 Å². The second-order valence-corrected chi connectivity index (χ2v) is 6.62. The maximum absolute atomic E-state index is 12.5. The van der Waals surface area contributed by atoms with E-state index in [1.54, 1.807) is 7.11 Å². The summed E-state index contributed by atoms with van der Waals surface area (Å²) in [6.45, 7) is 15.5. The molecule has 0 aliphatic carbocycles. The Morgan fingerprint density at radius 2 is 1.87 bits per heavy atom. The molecule has 0 spiro atoms. The van der Waals surface area contributed by atoms with Crippen LogP contribution in [0.25, 0.3) is 0 Å². The SMILES string of the molecule is C/C=C\C(=C(/CCN1C(=O)CCc2ccccc21)OC)N(CC)CCNC.CC.CC. The van der Waals surface area contributed by atoms with Crippen LogP contribution in [-0.2, 0) is 16.0 Å². The van der Waals surface area contributed by atoms with Gasteiger partial charge in [-0.2, -0.15) is 0 Å². The monoisotopic (exact) mass is 431 g/mol. The van der Waals surface area contributed by atoms with Gasteiger partial charge >= 0.3 is 0 Å². The number of methoxy groups -OCH3 is 1. The first kappa shape index (κ1) is 28.7. The van der Waals surface area contributed by atoms with Crippen LogP contribution in [0.5, 0.6) is 0 Å². The summed E-state index contributed by atoms with van der Waals surface area (Å²) in [6.07, 6.45) is 6.23. The maximum atomic E-state index is 12.5. The largest absolute Gasteiger partial charge is 0.499 e. The summed E-state index contributed by atoms with van der Waals surface area (Å²) < 4.78 is 5.77. The first-order valence-corrected chi connectivity index (χ1v) is 11.8. The van der Waals surface area contributed by atoms with Gasteiger partial charge in [-0.25, -0.2) is 0 Å². The van der Waals surface area contributed by atoms with Crippen LogP contribution in [-0.4, -0.2) is 51.1 Å². The minimum Gasteiger partial charge on any atom is -0.499 e. The minimum atomic E-state index is 0.194. The predicted octanol–water partition coefficient (Wildman–Crippen LogP) is 5.38. The topological polar surface area (TPSA) is 44.8 Å². The van der Waals surface area contributed by atoms with Crippen molar-refractivity contribution in [2.24, 2.45) is 0 Å². The Bertz CT molecular complexity index is 683. The molecule has 0 bridgehead atoms. The van der Waals surface area contributed by atoms with Gasteiger partial charge in [0, 0.05) is 44.7 Å². The average Bonchev–Trinajstić information content (AvgIpc) is 2.83. The molecule has 1 aliphatic heterocycles. The van der Waals surface area contributed by atoms with Crippen molar-refractivity contribution in [3.63, 3.8) is 0 Å². The van der Waals surface area contributed by atoms with Crippen LogP contribution in [0.3, 0.4) is 0 Å². The molecule has 1 amide bonds. The molecule has 5 heteroatoms. The molecule has 1 aromatic carbocycles. The number of allylic oxidation sites excluding steroid dienone is 2. The molecule has 1 aliphatic rings. The zero-order valence-corrected chi connectivity index (χ0v) is 21.1. The molecule has 0 radical (unpaired) electrons. The van der Waals surface area contributed by atoms with E-state index in [2.05, 4.69) is 29.3 Å². The van der Waals surface area contributed by atoms with E-state index in [-0.39, 0.29) is 5.91 Å². The first-order chi connectivity index (χ1) is 15.2. The van der Waals surface area contributed by atoms with Gasteiger partial charge in [0.15, 0.2) is 0 Å². The van der Waals surface area contributed by atoms with Crippen LogP contribution in [0.4, 0.5) is 5.69 Å². The minimum absolute atomic E-state index is 0.194. The zero-order valence-electron chi connectivity index (χ0n) is 21.1. The van der Waals surface area contributed by atoms with Crippen LogP contribution in [0, 0.1) is 0 Å². The number of anilines is 1. The first-order valence-electron chi connectivity index (χ1n) is 11.8. The number of rotatable bonds is 10. The van der Waals surface area contributed by atoms with Gasteiger partial charge in [-0.1, -0.05) is 52.0 Å². The molecule has 0 saturated carbocycles. The highest BCUT2D eigenvalue weighted by Crippen LogP contribution is 2.28. The number of benzene rings is 1. The van der Waals surface area contributed by atoms with Gasteiger partial charge in [0.2, 0.25) is 5.91 Å². The van der Waals surface area contributed by atoms with E-state index >= 15 is 0 Å². The lowest BCUT2D eigenvalue weighted by molar-refractivity contribution is -0.118. The molecule has 2 rings (SSSR count). The molecule has 0 saturated heterocycles.